The summed E-state index contributed by atoms with van der Waals surface area (Å²) in [6, 6.07) is 10.3. The van der Waals surface area contributed by atoms with Crippen molar-refractivity contribution < 1.29 is 9.53 Å². The van der Waals surface area contributed by atoms with E-state index in [2.05, 4.69) is 45.8 Å². The Labute approximate surface area is 247 Å². The van der Waals surface area contributed by atoms with Crippen LogP contribution in [-0.4, -0.2) is 89.1 Å². The fraction of sp³-hybridized carbons (Fsp3) is 0.367. The van der Waals surface area contributed by atoms with E-state index >= 15 is 0 Å². The molecule has 0 saturated carbocycles. The summed E-state index contributed by atoms with van der Waals surface area (Å²) >= 11 is 8.56. The summed E-state index contributed by atoms with van der Waals surface area (Å²) in [5.74, 6) is 0.466. The quantitative estimate of drug-likeness (QED) is 0.218. The van der Waals surface area contributed by atoms with E-state index in [0.717, 1.165) is 35.0 Å². The molecular weight excluding hydrogens is 558 g/mol. The maximum Gasteiger partial charge on any atom is 0.320 e. The van der Waals surface area contributed by atoms with Gasteiger partial charge in [0.1, 0.15) is 18.5 Å². The normalized spacial score (nSPS) is 19.5. The molecule has 1 aromatic carbocycles. The van der Waals surface area contributed by atoms with Gasteiger partial charge in [-0.1, -0.05) is 36.4 Å². The number of piperazine rings is 1. The SMILES string of the molecule is [C-]#[N+]C[C@H]1CN(c2nc(OC[C@@H]3CCCN3C)nc3nc(-c4cccc5ccsc45)c(Cl)cc23)CCN1C(=O)C=C. The molecule has 5 heterocycles. The summed E-state index contributed by atoms with van der Waals surface area (Å²) in [5, 5.41) is 4.40. The fourth-order valence-electron chi connectivity index (χ4n) is 5.75. The number of likely N-dealkylation sites (tertiary alicyclic amines) is 1. The number of carbonyl (C=O) groups excluding carboxylic acids is 1. The number of halogens is 1. The molecule has 0 aliphatic carbocycles. The Morgan fingerprint density at radius 1 is 1.24 bits per heavy atom. The zero-order chi connectivity index (χ0) is 28.5. The number of amides is 1. The second kappa shape index (κ2) is 11.6. The van der Waals surface area contributed by atoms with Gasteiger partial charge in [0.2, 0.25) is 12.5 Å². The Morgan fingerprint density at radius 2 is 2.12 bits per heavy atom. The number of rotatable bonds is 7. The van der Waals surface area contributed by atoms with Crippen LogP contribution in [0.3, 0.4) is 0 Å². The lowest BCUT2D eigenvalue weighted by molar-refractivity contribution is -0.128. The molecule has 2 aliphatic rings. The molecule has 0 spiro atoms. The molecule has 6 rings (SSSR count). The van der Waals surface area contributed by atoms with Gasteiger partial charge in [0.25, 0.3) is 0 Å². The molecule has 2 atom stereocenters. The van der Waals surface area contributed by atoms with Gasteiger partial charge >= 0.3 is 6.01 Å². The van der Waals surface area contributed by atoms with E-state index in [9.17, 15) is 4.79 Å². The van der Waals surface area contributed by atoms with Crippen LogP contribution in [0.4, 0.5) is 5.82 Å². The first-order valence-electron chi connectivity index (χ1n) is 13.7. The van der Waals surface area contributed by atoms with Crippen molar-refractivity contribution >= 4 is 55.8 Å². The van der Waals surface area contributed by atoms with Gasteiger partial charge in [-0.2, -0.15) is 9.97 Å². The van der Waals surface area contributed by atoms with E-state index in [0.29, 0.717) is 59.9 Å². The van der Waals surface area contributed by atoms with Crippen molar-refractivity contribution in [2.24, 2.45) is 0 Å². The van der Waals surface area contributed by atoms with Gasteiger partial charge in [-0.25, -0.2) is 11.6 Å². The predicted molar refractivity (Wildman–Crippen MR) is 164 cm³/mol. The Hall–Kier alpha value is -3.78. The first-order valence-corrected chi connectivity index (χ1v) is 14.9. The van der Waals surface area contributed by atoms with Gasteiger partial charge in [-0.05, 0) is 55.4 Å². The minimum absolute atomic E-state index is 0.173. The molecule has 11 heteroatoms. The Kier molecular flexibility index (Phi) is 7.75. The molecule has 3 aromatic heterocycles. The molecule has 9 nitrogen and oxygen atoms in total. The third-order valence-corrected chi connectivity index (χ3v) is 9.20. The van der Waals surface area contributed by atoms with Gasteiger partial charge in [-0.15, -0.1) is 11.3 Å². The lowest BCUT2D eigenvalue weighted by Crippen LogP contribution is -2.56. The van der Waals surface area contributed by atoms with Crippen molar-refractivity contribution in [1.82, 2.24) is 24.8 Å². The van der Waals surface area contributed by atoms with Crippen LogP contribution in [0.1, 0.15) is 12.8 Å². The van der Waals surface area contributed by atoms with E-state index < -0.39 is 0 Å². The smallest absolute Gasteiger partial charge is 0.320 e. The van der Waals surface area contributed by atoms with Crippen molar-refractivity contribution in [2.45, 2.75) is 24.9 Å². The number of hydrogen-bond donors (Lipinski definition) is 0. The summed E-state index contributed by atoms with van der Waals surface area (Å²) < 4.78 is 7.31. The third-order valence-electron chi connectivity index (χ3n) is 7.95. The number of thiophene rings is 1. The van der Waals surface area contributed by atoms with Crippen LogP contribution >= 0.6 is 22.9 Å². The van der Waals surface area contributed by atoms with Crippen molar-refractivity contribution in [3.63, 3.8) is 0 Å². The summed E-state index contributed by atoms with van der Waals surface area (Å²) in [7, 11) is 2.11. The minimum Gasteiger partial charge on any atom is -0.462 e. The first kappa shape index (κ1) is 27.4. The number of pyridine rings is 1. The standard InChI is InChI=1S/C30H30ClN7O2S/c1-4-25(39)38-13-12-37(17-21(38)16-32-2)29-23-15-24(31)26(22-9-5-7-19-10-14-41-27(19)22)33-28(23)34-30(35-29)40-18-20-8-6-11-36(20)3/h4-5,7,9-10,14-15,20-21H,1,6,8,11-13,16-18H2,3H3/t20-,21-/m0/s1. The van der Waals surface area contributed by atoms with E-state index in [1.165, 1.54) is 6.08 Å². The van der Waals surface area contributed by atoms with Crippen LogP contribution in [0.2, 0.25) is 5.02 Å². The average Bonchev–Trinajstić information content (AvgIpc) is 3.64. The van der Waals surface area contributed by atoms with E-state index in [-0.39, 0.29) is 24.5 Å². The Morgan fingerprint density at radius 3 is 2.90 bits per heavy atom. The second-order valence-electron chi connectivity index (χ2n) is 10.4. The van der Waals surface area contributed by atoms with E-state index in [4.69, 9.17) is 37.9 Å². The monoisotopic (exact) mass is 587 g/mol. The molecule has 210 valence electrons. The maximum absolute atomic E-state index is 12.5. The first-order chi connectivity index (χ1) is 20.0. The van der Waals surface area contributed by atoms with Gasteiger partial charge < -0.3 is 24.3 Å². The number of hydrogen-bond acceptors (Lipinski definition) is 8. The highest BCUT2D eigenvalue weighted by Gasteiger charge is 2.33. The van der Waals surface area contributed by atoms with Crippen molar-refractivity contribution in [3.8, 4) is 17.3 Å². The van der Waals surface area contributed by atoms with Crippen LogP contribution in [0.5, 0.6) is 6.01 Å². The van der Waals surface area contributed by atoms with Gasteiger partial charge in [-0.3, -0.25) is 4.79 Å². The number of benzene rings is 1. The molecule has 2 aliphatic heterocycles. The molecule has 2 fully saturated rings. The molecule has 0 N–H and O–H groups in total. The number of likely N-dealkylation sites (N-methyl/N-ethyl adjacent to an activating group) is 1. The summed E-state index contributed by atoms with van der Waals surface area (Å²) in [6.45, 7) is 14.2. The summed E-state index contributed by atoms with van der Waals surface area (Å²) in [4.78, 5) is 36.8. The molecule has 41 heavy (non-hydrogen) atoms. The number of carbonyl (C=O) groups is 1. The molecule has 1 amide bonds. The highest BCUT2D eigenvalue weighted by atomic mass is 35.5. The van der Waals surface area contributed by atoms with Crippen LogP contribution in [-0.2, 0) is 4.79 Å². The number of aromatic nitrogens is 3. The number of ether oxygens (including phenoxy) is 1. The van der Waals surface area contributed by atoms with Crippen LogP contribution in [0, 0.1) is 6.57 Å². The lowest BCUT2D eigenvalue weighted by Gasteiger charge is -2.39. The molecule has 0 bridgehead atoms. The second-order valence-corrected chi connectivity index (χ2v) is 11.8. The van der Waals surface area contributed by atoms with Gasteiger partial charge in [0.05, 0.1) is 16.1 Å². The third kappa shape index (κ3) is 5.33. The highest BCUT2D eigenvalue weighted by molar-refractivity contribution is 7.17. The maximum atomic E-state index is 12.5. The topological polar surface area (TPSA) is 79.1 Å². The van der Waals surface area contributed by atoms with Crippen molar-refractivity contribution in [3.05, 3.63) is 64.8 Å². The summed E-state index contributed by atoms with van der Waals surface area (Å²) in [5.41, 5.74) is 2.10. The highest BCUT2D eigenvalue weighted by Crippen LogP contribution is 2.38. The Balaban J connectivity index is 1.43. The van der Waals surface area contributed by atoms with Crippen molar-refractivity contribution in [2.75, 3.05) is 51.3 Å². The van der Waals surface area contributed by atoms with E-state index in [1.54, 1.807) is 16.2 Å². The lowest BCUT2D eigenvalue weighted by atomic mass is 10.1. The molecule has 0 radical (unpaired) electrons. The van der Waals surface area contributed by atoms with Crippen LogP contribution in [0.15, 0.2) is 48.4 Å². The number of nitrogens with zero attached hydrogens (tertiary/aromatic N) is 7. The number of anilines is 1. The molecule has 2 saturated heterocycles. The zero-order valence-electron chi connectivity index (χ0n) is 22.8. The van der Waals surface area contributed by atoms with Crippen LogP contribution in [0.25, 0.3) is 37.2 Å². The Bertz CT molecular complexity index is 1670. The molecule has 4 aromatic rings. The summed E-state index contributed by atoms with van der Waals surface area (Å²) in [6.07, 6.45) is 3.51. The average molecular weight is 588 g/mol. The van der Waals surface area contributed by atoms with E-state index in [1.807, 2.05) is 18.2 Å². The fourth-order valence-corrected chi connectivity index (χ4v) is 6.91. The van der Waals surface area contributed by atoms with Crippen LogP contribution < -0.4 is 9.64 Å². The minimum atomic E-state index is -0.299. The molecule has 0 unspecified atom stereocenters. The van der Waals surface area contributed by atoms with Gasteiger partial charge in [0.15, 0.2) is 5.65 Å². The predicted octanol–water partition coefficient (Wildman–Crippen LogP) is 5.16. The zero-order valence-corrected chi connectivity index (χ0v) is 24.4. The van der Waals surface area contributed by atoms with Crippen molar-refractivity contribution in [1.29, 1.82) is 0 Å². The largest absolute Gasteiger partial charge is 0.462 e. The number of fused-ring (bicyclic) bond motifs is 2. The molecular formula is C30H30ClN7O2S. The van der Waals surface area contributed by atoms with Gasteiger partial charge in [0, 0.05) is 35.9 Å².